The average molecular weight is 214 g/mol. The Labute approximate surface area is 89.1 Å². The van der Waals surface area contributed by atoms with E-state index in [9.17, 15) is 4.11 Å². The van der Waals surface area contributed by atoms with Crippen LogP contribution in [0, 0.1) is 0 Å². The molecule has 0 aliphatic carbocycles. The smallest absolute Gasteiger partial charge is 0.250 e. The minimum atomic E-state index is -2.63. The van der Waals surface area contributed by atoms with E-state index in [4.69, 9.17) is 0 Å². The minimum absolute atomic E-state index is 0.293. The van der Waals surface area contributed by atoms with E-state index in [-0.39, 0.29) is 5.04 Å². The Morgan fingerprint density at radius 2 is 1.93 bits per heavy atom. The quantitative estimate of drug-likeness (QED) is 0.348. The van der Waals surface area contributed by atoms with Gasteiger partial charge in [0.2, 0.25) is 8.41 Å². The molecule has 2 heteroatoms. The molecule has 0 spiro atoms. The standard InChI is InChI=1S/C12H23FSi/c1-7-12(4,14(5,6)13)10-8-9-11(2)3/h7,9H,1,8,10H2,2-6H3. The summed E-state index contributed by atoms with van der Waals surface area (Å²) in [7, 11) is -2.63. The molecule has 0 rings (SSSR count). The summed E-state index contributed by atoms with van der Waals surface area (Å²) in [6.45, 7) is 13.4. The van der Waals surface area contributed by atoms with Crippen molar-refractivity contribution in [2.24, 2.45) is 0 Å². The van der Waals surface area contributed by atoms with Crippen LogP contribution in [0.1, 0.15) is 33.6 Å². The van der Waals surface area contributed by atoms with Crippen molar-refractivity contribution in [1.29, 1.82) is 0 Å². The van der Waals surface area contributed by atoms with Gasteiger partial charge in [-0.1, -0.05) is 24.6 Å². The lowest BCUT2D eigenvalue weighted by atomic mass is 10.0. The molecule has 0 bridgehead atoms. The molecule has 0 fully saturated rings. The molecule has 0 saturated carbocycles. The summed E-state index contributed by atoms with van der Waals surface area (Å²) < 4.78 is 14.0. The van der Waals surface area contributed by atoms with E-state index in [0.717, 1.165) is 12.8 Å². The van der Waals surface area contributed by atoms with Gasteiger partial charge in [0.25, 0.3) is 0 Å². The van der Waals surface area contributed by atoms with E-state index in [1.165, 1.54) is 5.57 Å². The van der Waals surface area contributed by atoms with Gasteiger partial charge in [-0.05, 0) is 39.8 Å². The summed E-state index contributed by atoms with van der Waals surface area (Å²) in [6.07, 6.45) is 5.79. The first-order valence-electron chi connectivity index (χ1n) is 5.19. The van der Waals surface area contributed by atoms with E-state index < -0.39 is 8.41 Å². The van der Waals surface area contributed by atoms with Crippen LogP contribution in [0.3, 0.4) is 0 Å². The van der Waals surface area contributed by atoms with E-state index in [2.05, 4.69) is 26.5 Å². The van der Waals surface area contributed by atoms with Gasteiger partial charge in [-0.15, -0.1) is 6.58 Å². The minimum Gasteiger partial charge on any atom is -0.313 e. The second-order valence-corrected chi connectivity index (χ2v) is 9.00. The summed E-state index contributed by atoms with van der Waals surface area (Å²) in [5.74, 6) is 0. The summed E-state index contributed by atoms with van der Waals surface area (Å²) >= 11 is 0. The molecule has 0 aliphatic rings. The summed E-state index contributed by atoms with van der Waals surface area (Å²) in [5, 5.41) is -0.293. The molecular weight excluding hydrogens is 191 g/mol. The van der Waals surface area contributed by atoms with Crippen molar-refractivity contribution in [3.8, 4) is 0 Å². The van der Waals surface area contributed by atoms with Crippen molar-refractivity contribution in [2.75, 3.05) is 0 Å². The van der Waals surface area contributed by atoms with Gasteiger partial charge >= 0.3 is 0 Å². The molecule has 0 aromatic carbocycles. The van der Waals surface area contributed by atoms with Crippen molar-refractivity contribution < 1.29 is 4.11 Å². The molecule has 0 aromatic heterocycles. The predicted octanol–water partition coefficient (Wildman–Crippen LogP) is 4.85. The van der Waals surface area contributed by atoms with Gasteiger partial charge in [0, 0.05) is 5.04 Å². The van der Waals surface area contributed by atoms with Crippen LogP contribution in [-0.2, 0) is 0 Å². The Morgan fingerprint density at radius 1 is 1.43 bits per heavy atom. The van der Waals surface area contributed by atoms with Gasteiger partial charge < -0.3 is 4.11 Å². The van der Waals surface area contributed by atoms with Gasteiger partial charge in [-0.2, -0.15) is 0 Å². The van der Waals surface area contributed by atoms with Crippen molar-refractivity contribution in [1.82, 2.24) is 0 Å². The van der Waals surface area contributed by atoms with Crippen LogP contribution in [0.15, 0.2) is 24.3 Å². The van der Waals surface area contributed by atoms with Crippen molar-refractivity contribution in [3.63, 3.8) is 0 Å². The van der Waals surface area contributed by atoms with Gasteiger partial charge in [0.05, 0.1) is 0 Å². The fourth-order valence-corrected chi connectivity index (χ4v) is 2.53. The first-order valence-corrected chi connectivity index (χ1v) is 8.06. The molecule has 0 nitrogen and oxygen atoms in total. The van der Waals surface area contributed by atoms with E-state index in [0.29, 0.717) is 0 Å². The maximum Gasteiger partial charge on any atom is 0.250 e. The monoisotopic (exact) mass is 214 g/mol. The van der Waals surface area contributed by atoms with Crippen LogP contribution in [0.5, 0.6) is 0 Å². The molecule has 1 atom stereocenters. The zero-order valence-electron chi connectivity index (χ0n) is 10.2. The number of hydrogen-bond donors (Lipinski definition) is 0. The van der Waals surface area contributed by atoms with Crippen molar-refractivity contribution in [3.05, 3.63) is 24.3 Å². The van der Waals surface area contributed by atoms with Gasteiger partial charge in [-0.3, -0.25) is 0 Å². The van der Waals surface area contributed by atoms with E-state index in [1.807, 2.05) is 6.92 Å². The maximum absolute atomic E-state index is 14.0. The summed E-state index contributed by atoms with van der Waals surface area (Å²) in [4.78, 5) is 0. The Balaban J connectivity index is 4.43. The predicted molar refractivity (Wildman–Crippen MR) is 65.8 cm³/mol. The fourth-order valence-electron chi connectivity index (χ4n) is 1.30. The lowest BCUT2D eigenvalue weighted by molar-refractivity contribution is 0.587. The van der Waals surface area contributed by atoms with E-state index >= 15 is 0 Å². The lowest BCUT2D eigenvalue weighted by Gasteiger charge is -2.33. The lowest BCUT2D eigenvalue weighted by Crippen LogP contribution is -2.34. The molecule has 1 unspecified atom stereocenters. The van der Waals surface area contributed by atoms with Crippen molar-refractivity contribution in [2.45, 2.75) is 51.7 Å². The molecule has 0 N–H and O–H groups in total. The third kappa shape index (κ3) is 3.78. The first kappa shape index (κ1) is 13.6. The van der Waals surface area contributed by atoms with Crippen LogP contribution in [0.4, 0.5) is 4.11 Å². The molecule has 0 aliphatic heterocycles. The van der Waals surface area contributed by atoms with Crippen LogP contribution in [0.25, 0.3) is 0 Å². The maximum atomic E-state index is 14.0. The van der Waals surface area contributed by atoms with Crippen molar-refractivity contribution >= 4 is 8.41 Å². The zero-order valence-corrected chi connectivity index (χ0v) is 11.2. The highest BCUT2D eigenvalue weighted by Crippen LogP contribution is 2.44. The molecule has 82 valence electrons. The Kier molecular flexibility index (Phi) is 4.79. The number of hydrogen-bond acceptors (Lipinski definition) is 0. The molecule has 0 radical (unpaired) electrons. The molecule has 0 amide bonds. The highest BCUT2D eigenvalue weighted by molar-refractivity contribution is 6.74. The van der Waals surface area contributed by atoms with Crippen LogP contribution in [-0.4, -0.2) is 8.41 Å². The van der Waals surface area contributed by atoms with Crippen LogP contribution >= 0.6 is 0 Å². The SMILES string of the molecule is C=CC(C)(CCC=C(C)C)[Si](C)(C)F. The third-order valence-electron chi connectivity index (χ3n) is 3.02. The Morgan fingerprint density at radius 3 is 2.21 bits per heavy atom. The Hall–Kier alpha value is -0.373. The van der Waals surface area contributed by atoms with Gasteiger partial charge in [-0.25, -0.2) is 0 Å². The first-order chi connectivity index (χ1) is 6.23. The van der Waals surface area contributed by atoms with Crippen LogP contribution in [0.2, 0.25) is 18.1 Å². The molecule has 0 saturated heterocycles. The second-order valence-electron chi connectivity index (χ2n) is 4.91. The Bertz CT molecular complexity index is 221. The largest absolute Gasteiger partial charge is 0.313 e. The zero-order chi connectivity index (χ0) is 11.4. The third-order valence-corrected chi connectivity index (χ3v) is 6.20. The topological polar surface area (TPSA) is 0 Å². The molecular formula is C12H23FSi. The van der Waals surface area contributed by atoms with Gasteiger partial charge in [0.1, 0.15) is 0 Å². The summed E-state index contributed by atoms with van der Waals surface area (Å²) in [5.41, 5.74) is 1.30. The fraction of sp³-hybridized carbons (Fsp3) is 0.667. The van der Waals surface area contributed by atoms with Crippen LogP contribution < -0.4 is 0 Å². The second kappa shape index (κ2) is 4.92. The highest BCUT2D eigenvalue weighted by atomic mass is 28.4. The average Bonchev–Trinajstić information content (AvgIpc) is 2.01. The molecule has 0 heterocycles. The molecule has 14 heavy (non-hydrogen) atoms. The number of rotatable bonds is 5. The number of halogens is 1. The molecule has 0 aromatic rings. The number of allylic oxidation sites excluding steroid dienone is 3. The summed E-state index contributed by atoms with van der Waals surface area (Å²) in [6, 6.07) is 0. The van der Waals surface area contributed by atoms with E-state index in [1.54, 1.807) is 19.2 Å². The van der Waals surface area contributed by atoms with Gasteiger partial charge in [0.15, 0.2) is 0 Å². The normalized spacial score (nSPS) is 15.9. The highest BCUT2D eigenvalue weighted by Gasteiger charge is 2.41.